The van der Waals surface area contributed by atoms with Gasteiger partial charge in [-0.05, 0) is 71.9 Å². The number of carbonyl (C=O) groups excluding carboxylic acids is 1. The lowest BCUT2D eigenvalue weighted by molar-refractivity contribution is 0.0144. The van der Waals surface area contributed by atoms with Crippen LogP contribution in [-0.4, -0.2) is 88.9 Å². The molecule has 2 fully saturated rings. The van der Waals surface area contributed by atoms with E-state index in [0.29, 0.717) is 50.9 Å². The summed E-state index contributed by atoms with van der Waals surface area (Å²) in [5.74, 6) is 0.858. The zero-order chi connectivity index (χ0) is 32.4. The molecule has 0 bridgehead atoms. The van der Waals surface area contributed by atoms with Gasteiger partial charge < -0.3 is 24.2 Å². The van der Waals surface area contributed by atoms with Crippen LogP contribution in [0.1, 0.15) is 65.1 Å². The van der Waals surface area contributed by atoms with Crippen molar-refractivity contribution in [3.05, 3.63) is 53.7 Å². The van der Waals surface area contributed by atoms with Crippen LogP contribution < -0.4 is 14.5 Å². The van der Waals surface area contributed by atoms with E-state index in [1.165, 1.54) is 22.9 Å². The first kappa shape index (κ1) is 31.9. The van der Waals surface area contributed by atoms with E-state index in [4.69, 9.17) is 19.4 Å². The van der Waals surface area contributed by atoms with Crippen LogP contribution in [0.25, 0.3) is 10.8 Å². The van der Waals surface area contributed by atoms with Gasteiger partial charge in [0.1, 0.15) is 18.0 Å². The molecular formula is C36H47N7O3. The molecule has 1 amide bonds. The minimum atomic E-state index is -0.607. The van der Waals surface area contributed by atoms with Crippen molar-refractivity contribution in [1.82, 2.24) is 19.8 Å². The van der Waals surface area contributed by atoms with Crippen LogP contribution >= 0.6 is 0 Å². The zero-order valence-corrected chi connectivity index (χ0v) is 27.9. The number of piperazine rings is 1. The Balaban J connectivity index is 1.30. The summed E-state index contributed by atoms with van der Waals surface area (Å²) in [4.78, 5) is 32.0. The molecule has 10 heteroatoms. The minimum absolute atomic E-state index is 0.216. The minimum Gasteiger partial charge on any atom is -0.462 e. The van der Waals surface area contributed by atoms with Crippen molar-refractivity contribution < 1.29 is 14.3 Å². The van der Waals surface area contributed by atoms with Crippen LogP contribution in [0.15, 0.2) is 42.5 Å². The Morgan fingerprint density at radius 3 is 2.61 bits per heavy atom. The SMILES string of the molecule is CC(C)N1CCCC1COc1nc2c(c(N3CCN(C(=O)OC(C)(C)C)C(CC#N)C3)n1)CCN(c1cccc3ccccc13)C2. The van der Waals surface area contributed by atoms with Crippen molar-refractivity contribution in [3.63, 3.8) is 0 Å². The summed E-state index contributed by atoms with van der Waals surface area (Å²) in [6.45, 7) is 14.7. The van der Waals surface area contributed by atoms with Gasteiger partial charge in [-0.25, -0.2) is 4.79 Å². The molecule has 2 aromatic carbocycles. The number of nitriles is 1. The molecule has 3 aliphatic heterocycles. The summed E-state index contributed by atoms with van der Waals surface area (Å²) in [5, 5.41) is 12.1. The second kappa shape index (κ2) is 13.3. The molecule has 4 heterocycles. The number of rotatable bonds is 7. The second-order valence-corrected chi connectivity index (χ2v) is 14.0. The maximum Gasteiger partial charge on any atom is 0.410 e. The van der Waals surface area contributed by atoms with Gasteiger partial charge in [-0.15, -0.1) is 0 Å². The first-order chi connectivity index (χ1) is 22.1. The van der Waals surface area contributed by atoms with E-state index in [2.05, 4.69) is 77.1 Å². The number of nitrogens with zero attached hydrogens (tertiary/aromatic N) is 7. The number of amides is 1. The molecule has 2 unspecified atom stereocenters. The number of ether oxygens (including phenoxy) is 2. The highest BCUT2D eigenvalue weighted by Crippen LogP contribution is 2.35. The Kier molecular flexibility index (Phi) is 9.23. The molecule has 1 aromatic heterocycles. The van der Waals surface area contributed by atoms with Gasteiger partial charge in [0.2, 0.25) is 0 Å². The van der Waals surface area contributed by atoms with Crippen LogP contribution in [0.3, 0.4) is 0 Å². The van der Waals surface area contributed by atoms with Gasteiger partial charge in [0.15, 0.2) is 0 Å². The molecule has 10 nitrogen and oxygen atoms in total. The fraction of sp³-hybridized carbons (Fsp3) is 0.556. The Morgan fingerprint density at radius 2 is 1.83 bits per heavy atom. The summed E-state index contributed by atoms with van der Waals surface area (Å²) in [6, 6.07) is 18.2. The summed E-state index contributed by atoms with van der Waals surface area (Å²) in [6.07, 6.45) is 2.90. The average Bonchev–Trinajstić information content (AvgIpc) is 3.51. The average molecular weight is 626 g/mol. The molecule has 0 saturated carbocycles. The topological polar surface area (TPSA) is 98.1 Å². The maximum atomic E-state index is 13.1. The van der Waals surface area contributed by atoms with Crippen molar-refractivity contribution in [2.24, 2.45) is 0 Å². The van der Waals surface area contributed by atoms with Gasteiger partial charge in [0.05, 0.1) is 30.8 Å². The van der Waals surface area contributed by atoms with E-state index in [9.17, 15) is 10.1 Å². The second-order valence-electron chi connectivity index (χ2n) is 14.0. The van der Waals surface area contributed by atoms with Crippen LogP contribution in [-0.2, 0) is 17.7 Å². The molecule has 6 rings (SSSR count). The van der Waals surface area contributed by atoms with Crippen molar-refractivity contribution in [2.45, 2.75) is 90.6 Å². The number of hydrogen-bond donors (Lipinski definition) is 0. The third kappa shape index (κ3) is 6.85. The van der Waals surface area contributed by atoms with Gasteiger partial charge in [-0.2, -0.15) is 15.2 Å². The van der Waals surface area contributed by atoms with Crippen molar-refractivity contribution in [3.8, 4) is 12.1 Å². The lowest BCUT2D eigenvalue weighted by atomic mass is 10.0. The van der Waals surface area contributed by atoms with E-state index in [1.807, 2.05) is 20.8 Å². The van der Waals surface area contributed by atoms with Crippen LogP contribution in [0.4, 0.5) is 16.3 Å². The molecule has 3 aliphatic rings. The monoisotopic (exact) mass is 625 g/mol. The van der Waals surface area contributed by atoms with Gasteiger partial charge in [0.25, 0.3) is 0 Å². The lowest BCUT2D eigenvalue weighted by Crippen LogP contribution is -2.56. The Hall–Kier alpha value is -4.10. The molecule has 0 spiro atoms. The number of benzene rings is 2. The first-order valence-corrected chi connectivity index (χ1v) is 16.7. The van der Waals surface area contributed by atoms with E-state index >= 15 is 0 Å². The van der Waals surface area contributed by atoms with Gasteiger partial charge >= 0.3 is 12.1 Å². The molecule has 0 N–H and O–H groups in total. The molecule has 46 heavy (non-hydrogen) atoms. The molecule has 0 aliphatic carbocycles. The molecule has 0 radical (unpaired) electrons. The highest BCUT2D eigenvalue weighted by Gasteiger charge is 2.36. The summed E-state index contributed by atoms with van der Waals surface area (Å²) < 4.78 is 12.1. The molecule has 2 saturated heterocycles. The third-order valence-electron chi connectivity index (χ3n) is 9.36. The quantitative estimate of drug-likeness (QED) is 0.323. The molecule has 2 atom stereocenters. The Bertz CT molecular complexity index is 1590. The van der Waals surface area contributed by atoms with Crippen molar-refractivity contribution in [1.29, 1.82) is 5.26 Å². The van der Waals surface area contributed by atoms with Crippen molar-refractivity contribution in [2.75, 3.05) is 49.1 Å². The summed E-state index contributed by atoms with van der Waals surface area (Å²) in [7, 11) is 0. The molecule has 3 aromatic rings. The van der Waals surface area contributed by atoms with E-state index < -0.39 is 5.60 Å². The Labute approximate surface area is 272 Å². The number of likely N-dealkylation sites (tertiary alicyclic amines) is 1. The number of carbonyl (C=O) groups is 1. The van der Waals surface area contributed by atoms with Crippen LogP contribution in [0.2, 0.25) is 0 Å². The number of hydrogen-bond acceptors (Lipinski definition) is 9. The fourth-order valence-corrected chi connectivity index (χ4v) is 7.18. The fourth-order valence-electron chi connectivity index (χ4n) is 7.18. The number of fused-ring (bicyclic) bond motifs is 2. The lowest BCUT2D eigenvalue weighted by Gasteiger charge is -2.42. The largest absolute Gasteiger partial charge is 0.462 e. The third-order valence-corrected chi connectivity index (χ3v) is 9.36. The normalized spacial score (nSPS) is 20.6. The van der Waals surface area contributed by atoms with Crippen LogP contribution in [0.5, 0.6) is 6.01 Å². The highest BCUT2D eigenvalue weighted by atomic mass is 16.6. The predicted octanol–water partition coefficient (Wildman–Crippen LogP) is 5.78. The number of aromatic nitrogens is 2. The van der Waals surface area contributed by atoms with Crippen molar-refractivity contribution >= 4 is 28.4 Å². The zero-order valence-electron chi connectivity index (χ0n) is 27.9. The smallest absolute Gasteiger partial charge is 0.410 e. The van der Waals surface area contributed by atoms with Crippen LogP contribution in [0, 0.1) is 11.3 Å². The summed E-state index contributed by atoms with van der Waals surface area (Å²) >= 11 is 0. The van der Waals surface area contributed by atoms with E-state index in [0.717, 1.165) is 43.0 Å². The van der Waals surface area contributed by atoms with E-state index in [-0.39, 0.29) is 18.6 Å². The first-order valence-electron chi connectivity index (χ1n) is 16.7. The van der Waals surface area contributed by atoms with E-state index in [1.54, 1.807) is 4.90 Å². The standard InChI is InChI=1S/C36H47N7O3/c1-25(2)42-18-9-12-28(42)24-45-34-38-31-23-40(32-14-8-11-26-10-6-7-13-29(26)32)19-16-30(31)33(39-34)41-20-21-43(27(22-41)15-17-37)35(44)46-36(3,4)5/h6-8,10-11,13-14,25,27-28H,9,12,15-16,18-24H2,1-5H3. The number of anilines is 2. The molecule has 244 valence electrons. The highest BCUT2D eigenvalue weighted by molar-refractivity contribution is 5.94. The Morgan fingerprint density at radius 1 is 1.02 bits per heavy atom. The van der Waals surface area contributed by atoms with Gasteiger partial charge in [-0.1, -0.05) is 36.4 Å². The predicted molar refractivity (Wildman–Crippen MR) is 180 cm³/mol. The summed E-state index contributed by atoms with van der Waals surface area (Å²) in [5.41, 5.74) is 2.68. The van der Waals surface area contributed by atoms with Gasteiger partial charge in [0, 0.05) is 54.9 Å². The molecular weight excluding hydrogens is 578 g/mol. The van der Waals surface area contributed by atoms with Gasteiger partial charge in [-0.3, -0.25) is 4.90 Å². The maximum absolute atomic E-state index is 13.1.